The number of carbonyl (C=O) groups is 1. The van der Waals surface area contributed by atoms with Gasteiger partial charge in [0.1, 0.15) is 0 Å². The minimum Gasteiger partial charge on any atom is -0.376 e. The predicted octanol–water partition coefficient (Wildman–Crippen LogP) is 3.43. The molecule has 21 heavy (non-hydrogen) atoms. The molecule has 3 rings (SSSR count). The second-order valence-corrected chi connectivity index (χ2v) is 6.20. The Balaban J connectivity index is 1.44. The Kier molecular flexibility index (Phi) is 4.68. The number of ether oxygens (including phenoxy) is 1. The van der Waals surface area contributed by atoms with Crippen LogP contribution < -0.4 is 0 Å². The van der Waals surface area contributed by atoms with Gasteiger partial charge < -0.3 is 9.64 Å². The van der Waals surface area contributed by atoms with Crippen molar-refractivity contribution in [2.45, 2.75) is 13.0 Å². The van der Waals surface area contributed by atoms with Crippen LogP contribution in [0.5, 0.6) is 0 Å². The summed E-state index contributed by atoms with van der Waals surface area (Å²) >= 11 is 1.57. The van der Waals surface area contributed by atoms with Crippen molar-refractivity contribution in [3.63, 3.8) is 0 Å². The first-order chi connectivity index (χ1) is 10.3. The molecular weight excluding hydrogens is 282 g/mol. The fourth-order valence-electron chi connectivity index (χ4n) is 2.64. The van der Waals surface area contributed by atoms with Crippen LogP contribution in [-0.2, 0) is 11.3 Å². The normalized spacial score (nSPS) is 18.1. The molecule has 1 aliphatic heterocycles. The molecule has 2 aromatic rings. The Bertz CT molecular complexity index is 568. The third-order valence-electron chi connectivity index (χ3n) is 3.81. The van der Waals surface area contributed by atoms with Crippen molar-refractivity contribution in [2.24, 2.45) is 5.92 Å². The highest BCUT2D eigenvalue weighted by atomic mass is 32.1. The smallest absolute Gasteiger partial charge is 0.254 e. The maximum atomic E-state index is 12.2. The molecule has 1 aromatic heterocycles. The highest BCUT2D eigenvalue weighted by molar-refractivity contribution is 7.08. The Morgan fingerprint density at radius 1 is 1.29 bits per heavy atom. The Morgan fingerprint density at radius 2 is 2.14 bits per heavy atom. The lowest BCUT2D eigenvalue weighted by atomic mass is 10.1. The lowest BCUT2D eigenvalue weighted by molar-refractivity contribution is 0.0733. The van der Waals surface area contributed by atoms with Gasteiger partial charge in [-0.2, -0.15) is 11.3 Å². The first-order valence-corrected chi connectivity index (χ1v) is 8.20. The SMILES string of the molecule is O=C(c1ccsc1)N1CC[C@@H](COCc2ccccc2)C1. The summed E-state index contributed by atoms with van der Waals surface area (Å²) < 4.78 is 5.79. The lowest BCUT2D eigenvalue weighted by Crippen LogP contribution is -2.28. The molecular formula is C17H19NO2S. The van der Waals surface area contributed by atoms with E-state index in [9.17, 15) is 4.79 Å². The fourth-order valence-corrected chi connectivity index (χ4v) is 3.27. The third kappa shape index (κ3) is 3.71. The highest BCUT2D eigenvalue weighted by Gasteiger charge is 2.27. The largest absolute Gasteiger partial charge is 0.376 e. The van der Waals surface area contributed by atoms with Crippen molar-refractivity contribution in [1.82, 2.24) is 4.90 Å². The van der Waals surface area contributed by atoms with E-state index in [1.165, 1.54) is 5.56 Å². The number of rotatable bonds is 5. The van der Waals surface area contributed by atoms with E-state index in [-0.39, 0.29) is 5.91 Å². The van der Waals surface area contributed by atoms with E-state index < -0.39 is 0 Å². The Hall–Kier alpha value is -1.65. The summed E-state index contributed by atoms with van der Waals surface area (Å²) in [5, 5.41) is 3.87. The summed E-state index contributed by atoms with van der Waals surface area (Å²) in [5.74, 6) is 0.609. The van der Waals surface area contributed by atoms with Gasteiger partial charge in [0.25, 0.3) is 5.91 Å². The average Bonchev–Trinajstić information content (AvgIpc) is 3.19. The van der Waals surface area contributed by atoms with Crippen molar-refractivity contribution in [3.8, 4) is 0 Å². The van der Waals surface area contributed by atoms with E-state index in [1.807, 2.05) is 39.9 Å². The Morgan fingerprint density at radius 3 is 2.90 bits per heavy atom. The maximum absolute atomic E-state index is 12.2. The highest BCUT2D eigenvalue weighted by Crippen LogP contribution is 2.20. The van der Waals surface area contributed by atoms with Gasteiger partial charge in [0.05, 0.1) is 18.8 Å². The van der Waals surface area contributed by atoms with Crippen molar-refractivity contribution in [2.75, 3.05) is 19.7 Å². The van der Waals surface area contributed by atoms with Crippen LogP contribution in [0.4, 0.5) is 0 Å². The van der Waals surface area contributed by atoms with Crippen molar-refractivity contribution in [1.29, 1.82) is 0 Å². The number of carbonyl (C=O) groups excluding carboxylic acids is 1. The Labute approximate surface area is 129 Å². The van der Waals surface area contributed by atoms with Crippen LogP contribution in [0, 0.1) is 5.92 Å². The number of amides is 1. The monoisotopic (exact) mass is 301 g/mol. The average molecular weight is 301 g/mol. The summed E-state index contributed by atoms with van der Waals surface area (Å²) in [4.78, 5) is 14.2. The number of hydrogen-bond acceptors (Lipinski definition) is 3. The van der Waals surface area contributed by atoms with Crippen molar-refractivity contribution < 1.29 is 9.53 Å². The summed E-state index contributed by atoms with van der Waals surface area (Å²) in [6.07, 6.45) is 1.03. The van der Waals surface area contributed by atoms with Crippen LogP contribution in [0.25, 0.3) is 0 Å². The minimum absolute atomic E-state index is 0.154. The molecule has 1 amide bonds. The zero-order valence-corrected chi connectivity index (χ0v) is 12.7. The van der Waals surface area contributed by atoms with E-state index in [1.54, 1.807) is 11.3 Å². The molecule has 0 N–H and O–H groups in total. The van der Waals surface area contributed by atoms with E-state index >= 15 is 0 Å². The van der Waals surface area contributed by atoms with Crippen LogP contribution in [0.3, 0.4) is 0 Å². The van der Waals surface area contributed by atoms with Crippen LogP contribution in [0.2, 0.25) is 0 Å². The van der Waals surface area contributed by atoms with Gasteiger partial charge in [0, 0.05) is 24.4 Å². The standard InChI is InChI=1S/C17H19NO2S/c19-17(16-7-9-21-13-16)18-8-6-15(10-18)12-20-11-14-4-2-1-3-5-14/h1-5,7,9,13,15H,6,8,10-12H2/t15-/m1/s1. The second kappa shape index (κ2) is 6.87. The van der Waals surface area contributed by atoms with Crippen LogP contribution in [-0.4, -0.2) is 30.5 Å². The van der Waals surface area contributed by atoms with Crippen LogP contribution in [0.15, 0.2) is 47.2 Å². The minimum atomic E-state index is 0.154. The first-order valence-electron chi connectivity index (χ1n) is 7.26. The molecule has 1 saturated heterocycles. The van der Waals surface area contributed by atoms with Gasteiger partial charge in [-0.15, -0.1) is 0 Å². The molecule has 0 aliphatic carbocycles. The van der Waals surface area contributed by atoms with Crippen molar-refractivity contribution >= 4 is 17.2 Å². The summed E-state index contributed by atoms with van der Waals surface area (Å²) in [7, 11) is 0. The van der Waals surface area contributed by atoms with Gasteiger partial charge in [0.15, 0.2) is 0 Å². The zero-order chi connectivity index (χ0) is 14.5. The molecule has 1 fully saturated rings. The van der Waals surface area contributed by atoms with E-state index in [4.69, 9.17) is 4.74 Å². The molecule has 0 radical (unpaired) electrons. The molecule has 1 atom stereocenters. The summed E-state index contributed by atoms with van der Waals surface area (Å²) in [5.41, 5.74) is 2.01. The van der Waals surface area contributed by atoms with Gasteiger partial charge in [-0.25, -0.2) is 0 Å². The quantitative estimate of drug-likeness (QED) is 0.847. The zero-order valence-electron chi connectivity index (χ0n) is 11.9. The number of benzene rings is 1. The molecule has 2 heterocycles. The summed E-state index contributed by atoms with van der Waals surface area (Å²) in [6, 6.07) is 12.1. The topological polar surface area (TPSA) is 29.5 Å². The van der Waals surface area contributed by atoms with Crippen molar-refractivity contribution in [3.05, 3.63) is 58.3 Å². The van der Waals surface area contributed by atoms with E-state index in [0.717, 1.165) is 31.7 Å². The number of hydrogen-bond donors (Lipinski definition) is 0. The molecule has 0 spiro atoms. The number of nitrogens with zero attached hydrogens (tertiary/aromatic N) is 1. The van der Waals surface area contributed by atoms with Gasteiger partial charge in [-0.05, 0) is 23.4 Å². The summed E-state index contributed by atoms with van der Waals surface area (Å²) in [6.45, 7) is 3.02. The predicted molar refractivity (Wildman–Crippen MR) is 84.4 cm³/mol. The van der Waals surface area contributed by atoms with E-state index in [0.29, 0.717) is 12.5 Å². The molecule has 3 nitrogen and oxygen atoms in total. The molecule has 1 aromatic carbocycles. The fraction of sp³-hybridized carbons (Fsp3) is 0.353. The molecule has 110 valence electrons. The van der Waals surface area contributed by atoms with Crippen LogP contribution >= 0.6 is 11.3 Å². The van der Waals surface area contributed by atoms with Gasteiger partial charge in [0.2, 0.25) is 0 Å². The van der Waals surface area contributed by atoms with Gasteiger partial charge in [-0.3, -0.25) is 4.79 Å². The second-order valence-electron chi connectivity index (χ2n) is 5.42. The lowest BCUT2D eigenvalue weighted by Gasteiger charge is -2.16. The molecule has 1 aliphatic rings. The molecule has 0 bridgehead atoms. The number of thiophene rings is 1. The van der Waals surface area contributed by atoms with Gasteiger partial charge in [-0.1, -0.05) is 30.3 Å². The third-order valence-corrected chi connectivity index (χ3v) is 4.49. The van der Waals surface area contributed by atoms with Crippen LogP contribution in [0.1, 0.15) is 22.3 Å². The molecule has 0 saturated carbocycles. The maximum Gasteiger partial charge on any atom is 0.254 e. The first kappa shape index (κ1) is 14.3. The number of likely N-dealkylation sites (tertiary alicyclic amines) is 1. The van der Waals surface area contributed by atoms with Gasteiger partial charge >= 0.3 is 0 Å². The molecule has 0 unspecified atom stereocenters. The molecule has 4 heteroatoms. The van der Waals surface area contributed by atoms with E-state index in [2.05, 4.69) is 12.1 Å².